The van der Waals surface area contributed by atoms with Crippen molar-refractivity contribution in [2.24, 2.45) is 4.99 Å². The summed E-state index contributed by atoms with van der Waals surface area (Å²) in [5, 5.41) is 6.46. The van der Waals surface area contributed by atoms with Crippen molar-refractivity contribution in [2.75, 3.05) is 24.7 Å². The van der Waals surface area contributed by atoms with Gasteiger partial charge in [-0.1, -0.05) is 48.5 Å². The van der Waals surface area contributed by atoms with Gasteiger partial charge < -0.3 is 19.7 Å². The van der Waals surface area contributed by atoms with Crippen molar-refractivity contribution in [3.8, 4) is 0 Å². The van der Waals surface area contributed by atoms with E-state index < -0.39 is 25.2 Å². The Bertz CT molecular complexity index is 1070. The predicted molar refractivity (Wildman–Crippen MR) is 133 cm³/mol. The average molecular weight is 503 g/mol. The molecule has 1 heterocycles. The molecule has 11 heteroatoms. The summed E-state index contributed by atoms with van der Waals surface area (Å²) in [4.78, 5) is 35.6. The number of amidine groups is 1. The van der Waals surface area contributed by atoms with E-state index in [1.165, 1.54) is 0 Å². The van der Waals surface area contributed by atoms with Crippen molar-refractivity contribution < 1.29 is 28.0 Å². The van der Waals surface area contributed by atoms with Gasteiger partial charge in [0.25, 0.3) is 0 Å². The van der Waals surface area contributed by atoms with E-state index in [9.17, 15) is 14.2 Å². The number of hydrogen-bond donors (Lipinski definition) is 2. The maximum absolute atomic E-state index is 13.0. The zero-order valence-corrected chi connectivity index (χ0v) is 21.0. The second-order valence-electron chi connectivity index (χ2n) is 7.97. The molecule has 0 radical (unpaired) electrons. The smallest absolute Gasteiger partial charge is 0.323 e. The Morgan fingerprint density at radius 1 is 1.06 bits per heavy atom. The Labute approximate surface area is 205 Å². The molecule has 0 aliphatic carbocycles. The molecule has 1 saturated heterocycles. The van der Waals surface area contributed by atoms with Crippen molar-refractivity contribution in [3.05, 3.63) is 66.2 Å². The Hall–Kier alpha value is -3.04. The van der Waals surface area contributed by atoms with Gasteiger partial charge in [0.1, 0.15) is 12.1 Å². The molecular formula is C24H31N4O6P. The van der Waals surface area contributed by atoms with E-state index in [0.29, 0.717) is 5.69 Å². The SMILES string of the molecule is CCOP(=O)(CCC1(C)NC(=O)N(OCc2ccccc2)/C1=N/C(=O)Nc1ccccc1)OCC. The van der Waals surface area contributed by atoms with Crippen molar-refractivity contribution in [1.82, 2.24) is 10.4 Å². The third-order valence-corrected chi connectivity index (χ3v) is 7.30. The monoisotopic (exact) mass is 502 g/mol. The number of aliphatic imine (C=N–C) groups is 1. The Morgan fingerprint density at radius 3 is 2.26 bits per heavy atom. The highest BCUT2D eigenvalue weighted by Crippen LogP contribution is 2.49. The molecule has 1 unspecified atom stereocenters. The zero-order chi connectivity index (χ0) is 25.3. The molecule has 188 valence electrons. The fraction of sp³-hybridized carbons (Fsp3) is 0.375. The highest BCUT2D eigenvalue weighted by atomic mass is 31.2. The van der Waals surface area contributed by atoms with E-state index in [-0.39, 0.29) is 38.2 Å². The van der Waals surface area contributed by atoms with Gasteiger partial charge in [0.2, 0.25) is 0 Å². The van der Waals surface area contributed by atoms with Crippen LogP contribution in [0.15, 0.2) is 65.7 Å². The molecule has 0 aromatic heterocycles. The summed E-state index contributed by atoms with van der Waals surface area (Å²) >= 11 is 0. The molecule has 1 atom stereocenters. The van der Waals surface area contributed by atoms with Gasteiger partial charge in [-0.05, 0) is 44.9 Å². The average Bonchev–Trinajstić information content (AvgIpc) is 3.07. The molecule has 0 bridgehead atoms. The zero-order valence-electron chi connectivity index (χ0n) is 20.1. The highest BCUT2D eigenvalue weighted by Gasteiger charge is 2.48. The normalized spacial score (nSPS) is 19.1. The molecule has 10 nitrogen and oxygen atoms in total. The van der Waals surface area contributed by atoms with Crippen molar-refractivity contribution in [3.63, 3.8) is 0 Å². The van der Waals surface area contributed by atoms with Gasteiger partial charge in [-0.2, -0.15) is 10.1 Å². The number of benzene rings is 2. The van der Waals surface area contributed by atoms with Crippen LogP contribution in [0.3, 0.4) is 0 Å². The van der Waals surface area contributed by atoms with Gasteiger partial charge in [0.15, 0.2) is 5.84 Å². The number of carbonyl (C=O) groups is 2. The minimum atomic E-state index is -3.40. The fourth-order valence-corrected chi connectivity index (χ4v) is 5.37. The highest BCUT2D eigenvalue weighted by molar-refractivity contribution is 7.53. The van der Waals surface area contributed by atoms with Crippen molar-refractivity contribution >= 4 is 31.2 Å². The summed E-state index contributed by atoms with van der Waals surface area (Å²) in [6, 6.07) is 16.9. The predicted octanol–water partition coefficient (Wildman–Crippen LogP) is 5.19. The first-order valence-electron chi connectivity index (χ1n) is 11.4. The number of rotatable bonds is 11. The quantitative estimate of drug-likeness (QED) is 0.408. The minimum Gasteiger partial charge on any atom is -0.323 e. The van der Waals surface area contributed by atoms with Crippen LogP contribution in [0.1, 0.15) is 32.8 Å². The summed E-state index contributed by atoms with van der Waals surface area (Å²) in [7, 11) is -3.40. The topological polar surface area (TPSA) is 119 Å². The van der Waals surface area contributed by atoms with Crippen LogP contribution in [0.2, 0.25) is 0 Å². The number of nitrogens with one attached hydrogen (secondary N) is 2. The lowest BCUT2D eigenvalue weighted by Crippen LogP contribution is -2.45. The van der Waals surface area contributed by atoms with Crippen LogP contribution in [-0.2, 0) is 25.1 Å². The first-order chi connectivity index (χ1) is 16.8. The molecule has 1 aliphatic heterocycles. The maximum atomic E-state index is 13.0. The first kappa shape index (κ1) is 26.6. The fourth-order valence-electron chi connectivity index (χ4n) is 3.53. The minimum absolute atomic E-state index is 0.0112. The summed E-state index contributed by atoms with van der Waals surface area (Å²) in [5.41, 5.74) is 0.222. The third-order valence-electron chi connectivity index (χ3n) is 5.23. The number of carbonyl (C=O) groups excluding carboxylic acids is 2. The molecule has 35 heavy (non-hydrogen) atoms. The van der Waals surface area contributed by atoms with Crippen LogP contribution in [0.25, 0.3) is 0 Å². The number of hydrogen-bond acceptors (Lipinski definition) is 6. The van der Waals surface area contributed by atoms with Crippen LogP contribution in [0.4, 0.5) is 15.3 Å². The van der Waals surface area contributed by atoms with E-state index in [1.54, 1.807) is 45.0 Å². The van der Waals surface area contributed by atoms with Gasteiger partial charge in [0.05, 0.1) is 19.4 Å². The van der Waals surface area contributed by atoms with Crippen LogP contribution in [-0.4, -0.2) is 47.9 Å². The summed E-state index contributed by atoms with van der Waals surface area (Å²) in [5.74, 6) is 0.0476. The number of nitrogens with zero attached hydrogens (tertiary/aromatic N) is 2. The molecule has 1 fully saturated rings. The molecule has 0 saturated carbocycles. The van der Waals surface area contributed by atoms with E-state index >= 15 is 0 Å². The molecule has 1 aliphatic rings. The van der Waals surface area contributed by atoms with Crippen LogP contribution < -0.4 is 10.6 Å². The van der Waals surface area contributed by atoms with E-state index in [0.717, 1.165) is 10.6 Å². The lowest BCUT2D eigenvalue weighted by Gasteiger charge is -2.27. The number of hydroxylamine groups is 2. The molecule has 2 aromatic carbocycles. The molecule has 2 aromatic rings. The van der Waals surface area contributed by atoms with Gasteiger partial charge in [-0.3, -0.25) is 9.40 Å². The molecule has 0 spiro atoms. The summed E-state index contributed by atoms with van der Waals surface area (Å²) in [6.07, 6.45) is 0.149. The van der Waals surface area contributed by atoms with E-state index in [4.69, 9.17) is 13.9 Å². The van der Waals surface area contributed by atoms with Gasteiger partial charge in [-0.25, -0.2) is 9.59 Å². The third kappa shape index (κ3) is 7.22. The number of anilines is 1. The second-order valence-corrected chi connectivity index (χ2v) is 10.2. The lowest BCUT2D eigenvalue weighted by atomic mass is 9.99. The molecular weight excluding hydrogens is 471 g/mol. The second kappa shape index (κ2) is 12.1. The number of urea groups is 2. The van der Waals surface area contributed by atoms with Gasteiger partial charge >= 0.3 is 19.7 Å². The number of amides is 4. The van der Waals surface area contributed by atoms with E-state index in [1.807, 2.05) is 36.4 Å². The maximum Gasteiger partial charge on any atom is 0.348 e. The van der Waals surface area contributed by atoms with Crippen LogP contribution in [0.5, 0.6) is 0 Å². The molecule has 2 N–H and O–H groups in total. The number of para-hydroxylation sites is 1. The van der Waals surface area contributed by atoms with Crippen LogP contribution >= 0.6 is 7.60 Å². The molecule has 4 amide bonds. The lowest BCUT2D eigenvalue weighted by molar-refractivity contribution is -0.0681. The van der Waals surface area contributed by atoms with Gasteiger partial charge in [-0.15, -0.1) is 0 Å². The Morgan fingerprint density at radius 2 is 1.66 bits per heavy atom. The first-order valence-corrected chi connectivity index (χ1v) is 13.1. The summed E-state index contributed by atoms with van der Waals surface area (Å²) in [6.45, 7) is 5.66. The largest absolute Gasteiger partial charge is 0.348 e. The van der Waals surface area contributed by atoms with Crippen LogP contribution in [0, 0.1) is 0 Å². The van der Waals surface area contributed by atoms with Crippen molar-refractivity contribution in [2.45, 2.75) is 39.3 Å². The van der Waals surface area contributed by atoms with Crippen molar-refractivity contribution in [1.29, 1.82) is 0 Å². The van der Waals surface area contributed by atoms with Gasteiger partial charge in [0, 0.05) is 5.69 Å². The Balaban J connectivity index is 1.86. The standard InChI is InChI=1S/C24H31N4O6P/c1-4-33-35(31,34-5-2)17-16-24(3)21(26-22(29)25-20-14-10-7-11-15-20)28(23(30)27-24)32-18-19-12-8-6-9-13-19/h6-15H,4-5,16-18H2,1-3H3,(H,25,29)(H,27,30)/b26-21+. The van der Waals surface area contributed by atoms with E-state index in [2.05, 4.69) is 15.6 Å². The molecule has 3 rings (SSSR count). The Kier molecular flexibility index (Phi) is 9.17. The summed E-state index contributed by atoms with van der Waals surface area (Å²) < 4.78 is 23.8.